The monoisotopic (exact) mass is 462 g/mol. The van der Waals surface area contributed by atoms with E-state index in [2.05, 4.69) is 51.2 Å². The number of amides is 1. The number of piperazine rings is 1. The van der Waals surface area contributed by atoms with E-state index in [0.29, 0.717) is 6.54 Å². The number of aromatic nitrogens is 1. The molecule has 1 aromatic heterocycles. The van der Waals surface area contributed by atoms with Crippen LogP contribution in [0.5, 0.6) is 0 Å². The van der Waals surface area contributed by atoms with E-state index in [1.165, 1.54) is 11.1 Å². The number of nitrogens with zero attached hydrogens (tertiary/aromatic N) is 4. The molecule has 35 heavy (non-hydrogen) atoms. The summed E-state index contributed by atoms with van der Waals surface area (Å²) in [5, 5.41) is 0. The molecular weight excluding hydrogens is 432 g/mol. The van der Waals surface area contributed by atoms with Crippen molar-refractivity contribution in [3.05, 3.63) is 127 Å². The van der Waals surface area contributed by atoms with Crippen molar-refractivity contribution in [2.24, 2.45) is 0 Å². The van der Waals surface area contributed by atoms with Crippen LogP contribution >= 0.6 is 0 Å². The Morgan fingerprint density at radius 2 is 1.26 bits per heavy atom. The Morgan fingerprint density at radius 3 is 1.80 bits per heavy atom. The zero-order chi connectivity index (χ0) is 23.9. The van der Waals surface area contributed by atoms with Gasteiger partial charge in [0.1, 0.15) is 0 Å². The zero-order valence-electron chi connectivity index (χ0n) is 19.8. The average molecular weight is 463 g/mol. The molecule has 1 aliphatic rings. The second-order valence-electron chi connectivity index (χ2n) is 8.81. The molecule has 1 saturated heterocycles. The molecule has 0 N–H and O–H groups in total. The lowest BCUT2D eigenvalue weighted by molar-refractivity contribution is -0.119. The molecule has 0 saturated carbocycles. The van der Waals surface area contributed by atoms with E-state index in [1.807, 2.05) is 84.0 Å². The van der Waals surface area contributed by atoms with Gasteiger partial charge >= 0.3 is 0 Å². The van der Waals surface area contributed by atoms with Crippen LogP contribution in [0.2, 0.25) is 0 Å². The number of pyridine rings is 1. The predicted octanol–water partition coefficient (Wildman–Crippen LogP) is 5.15. The molecule has 1 atom stereocenters. The van der Waals surface area contributed by atoms with E-state index in [-0.39, 0.29) is 11.9 Å². The van der Waals surface area contributed by atoms with Crippen molar-refractivity contribution < 1.29 is 4.79 Å². The maximum Gasteiger partial charge on any atom is 0.245 e. The Hall–Kier alpha value is -3.80. The molecule has 4 aromatic rings. The van der Waals surface area contributed by atoms with E-state index in [9.17, 15) is 4.79 Å². The summed E-state index contributed by atoms with van der Waals surface area (Å²) in [7, 11) is 0. The molecule has 1 unspecified atom stereocenters. The molecule has 0 radical (unpaired) electrons. The van der Waals surface area contributed by atoms with Gasteiger partial charge in [-0.05, 0) is 41.5 Å². The Morgan fingerprint density at radius 1 is 0.714 bits per heavy atom. The van der Waals surface area contributed by atoms with E-state index in [4.69, 9.17) is 0 Å². The third kappa shape index (κ3) is 5.48. The third-order valence-electron chi connectivity index (χ3n) is 6.52. The lowest BCUT2D eigenvalue weighted by atomic mass is 9.98. The smallest absolute Gasteiger partial charge is 0.245 e. The number of para-hydroxylation sites is 2. The van der Waals surface area contributed by atoms with Gasteiger partial charge in [-0.15, -0.1) is 0 Å². The first-order valence-electron chi connectivity index (χ1n) is 12.1. The fraction of sp³-hybridized carbons (Fsp3) is 0.200. The van der Waals surface area contributed by atoms with Crippen LogP contribution in [0.4, 0.5) is 11.4 Å². The Balaban J connectivity index is 1.29. The summed E-state index contributed by atoms with van der Waals surface area (Å²) in [5.41, 5.74) is 4.25. The van der Waals surface area contributed by atoms with E-state index >= 15 is 0 Å². The second kappa shape index (κ2) is 11.1. The van der Waals surface area contributed by atoms with Crippen molar-refractivity contribution in [3.8, 4) is 0 Å². The molecule has 0 aliphatic carbocycles. The van der Waals surface area contributed by atoms with Gasteiger partial charge in [-0.1, -0.05) is 72.8 Å². The number of anilines is 2. The summed E-state index contributed by atoms with van der Waals surface area (Å²) >= 11 is 0. The van der Waals surface area contributed by atoms with Crippen molar-refractivity contribution in [1.29, 1.82) is 0 Å². The van der Waals surface area contributed by atoms with Gasteiger partial charge in [0, 0.05) is 49.9 Å². The van der Waals surface area contributed by atoms with Crippen molar-refractivity contribution in [2.45, 2.75) is 6.04 Å². The van der Waals surface area contributed by atoms with Crippen molar-refractivity contribution in [2.75, 3.05) is 37.6 Å². The number of hydrogen-bond donors (Lipinski definition) is 0. The van der Waals surface area contributed by atoms with Gasteiger partial charge in [0.15, 0.2) is 0 Å². The standard InChI is InChI=1S/C30H30N4O/c35-29(34(27-14-6-2-7-15-27)28-16-8-3-9-17-28)24-32-19-21-33(22-20-32)30(25-11-4-1-5-12-25)26-13-10-18-31-23-26/h1-18,23,30H,19-22,24H2. The van der Waals surface area contributed by atoms with E-state index < -0.39 is 0 Å². The largest absolute Gasteiger partial charge is 0.292 e. The highest BCUT2D eigenvalue weighted by Crippen LogP contribution is 2.29. The van der Waals surface area contributed by atoms with Crippen LogP contribution in [0.3, 0.4) is 0 Å². The van der Waals surface area contributed by atoms with Gasteiger partial charge in [0.05, 0.1) is 12.6 Å². The average Bonchev–Trinajstić information content (AvgIpc) is 2.92. The normalized spacial score (nSPS) is 15.4. The van der Waals surface area contributed by atoms with Gasteiger partial charge in [-0.2, -0.15) is 0 Å². The quantitative estimate of drug-likeness (QED) is 0.381. The number of benzene rings is 3. The zero-order valence-corrected chi connectivity index (χ0v) is 19.8. The summed E-state index contributed by atoms with van der Waals surface area (Å²) in [4.78, 5) is 24.5. The number of carbonyl (C=O) groups excluding carboxylic acids is 1. The van der Waals surface area contributed by atoms with Crippen LogP contribution in [0, 0.1) is 0 Å². The lowest BCUT2D eigenvalue weighted by Gasteiger charge is -2.40. The number of hydrogen-bond acceptors (Lipinski definition) is 4. The van der Waals surface area contributed by atoms with Crippen LogP contribution in [-0.2, 0) is 4.79 Å². The van der Waals surface area contributed by atoms with Crippen LogP contribution < -0.4 is 4.90 Å². The summed E-state index contributed by atoms with van der Waals surface area (Å²) in [6, 6.07) is 34.7. The number of carbonyl (C=O) groups is 1. The second-order valence-corrected chi connectivity index (χ2v) is 8.81. The molecule has 1 fully saturated rings. The Bertz CT molecular complexity index is 1120. The maximum atomic E-state index is 13.5. The van der Waals surface area contributed by atoms with Crippen LogP contribution in [0.1, 0.15) is 17.2 Å². The summed E-state index contributed by atoms with van der Waals surface area (Å²) in [5.74, 6) is 0.0859. The van der Waals surface area contributed by atoms with Gasteiger partial charge in [0.25, 0.3) is 0 Å². The minimum atomic E-state index is 0.0859. The fourth-order valence-electron chi connectivity index (χ4n) is 4.82. The third-order valence-corrected chi connectivity index (χ3v) is 6.52. The van der Waals surface area contributed by atoms with Gasteiger partial charge in [-0.3, -0.25) is 24.5 Å². The van der Waals surface area contributed by atoms with Crippen LogP contribution in [0.15, 0.2) is 116 Å². The minimum absolute atomic E-state index is 0.0859. The molecule has 176 valence electrons. The predicted molar refractivity (Wildman–Crippen MR) is 141 cm³/mol. The van der Waals surface area contributed by atoms with Crippen LogP contribution in [-0.4, -0.2) is 53.4 Å². The molecule has 0 bridgehead atoms. The topological polar surface area (TPSA) is 39.7 Å². The van der Waals surface area contributed by atoms with E-state index in [1.54, 1.807) is 0 Å². The molecular formula is C30H30N4O. The highest BCUT2D eigenvalue weighted by Gasteiger charge is 2.28. The summed E-state index contributed by atoms with van der Waals surface area (Å²) in [6.07, 6.45) is 3.78. The fourth-order valence-corrected chi connectivity index (χ4v) is 4.82. The molecule has 5 nitrogen and oxygen atoms in total. The molecule has 1 aliphatic heterocycles. The molecule has 5 rings (SSSR count). The van der Waals surface area contributed by atoms with Crippen molar-refractivity contribution >= 4 is 17.3 Å². The van der Waals surface area contributed by atoms with Crippen LogP contribution in [0.25, 0.3) is 0 Å². The summed E-state index contributed by atoms with van der Waals surface area (Å²) < 4.78 is 0. The first kappa shape index (κ1) is 23.0. The molecule has 3 aromatic carbocycles. The van der Waals surface area contributed by atoms with Crippen molar-refractivity contribution in [1.82, 2.24) is 14.8 Å². The van der Waals surface area contributed by atoms with Crippen molar-refractivity contribution in [3.63, 3.8) is 0 Å². The number of rotatable bonds is 7. The Kier molecular flexibility index (Phi) is 7.27. The molecule has 2 heterocycles. The van der Waals surface area contributed by atoms with Gasteiger partial charge in [0.2, 0.25) is 5.91 Å². The van der Waals surface area contributed by atoms with Gasteiger partial charge in [-0.25, -0.2) is 0 Å². The first-order valence-corrected chi connectivity index (χ1v) is 12.1. The minimum Gasteiger partial charge on any atom is -0.292 e. The maximum absolute atomic E-state index is 13.5. The highest BCUT2D eigenvalue weighted by atomic mass is 16.2. The lowest BCUT2D eigenvalue weighted by Crippen LogP contribution is -2.50. The highest BCUT2D eigenvalue weighted by molar-refractivity contribution is 6.01. The molecule has 5 heteroatoms. The molecule has 0 spiro atoms. The molecule has 1 amide bonds. The first-order chi connectivity index (χ1) is 17.3. The summed E-state index contributed by atoms with van der Waals surface area (Å²) in [6.45, 7) is 3.84. The van der Waals surface area contributed by atoms with Gasteiger partial charge < -0.3 is 0 Å². The SMILES string of the molecule is O=C(CN1CCN(C(c2ccccc2)c2cccnc2)CC1)N(c1ccccc1)c1ccccc1. The van der Waals surface area contributed by atoms with E-state index in [0.717, 1.165) is 37.6 Å². The Labute approximate surface area is 207 Å².